The van der Waals surface area contributed by atoms with Crippen LogP contribution in [0.3, 0.4) is 0 Å². The number of allylic oxidation sites excluding steroid dienone is 6. The number of hydrogen-bond acceptors (Lipinski definition) is 2. The molecule has 2 rings (SSSR count). The summed E-state index contributed by atoms with van der Waals surface area (Å²) in [6.07, 6.45) is 10.9. The van der Waals surface area contributed by atoms with Crippen LogP contribution in [-0.4, -0.2) is 11.6 Å². The van der Waals surface area contributed by atoms with E-state index in [1.165, 1.54) is 5.56 Å². The smallest absolute Gasteiger partial charge is 0.267 e. The molecular weight excluding hydrogens is 272 g/mol. The maximum atomic E-state index is 12.0. The molecule has 1 N–H and O–H groups in total. The van der Waals surface area contributed by atoms with Crippen molar-refractivity contribution in [2.75, 3.05) is 0 Å². The molecule has 0 spiro atoms. The van der Waals surface area contributed by atoms with Crippen LogP contribution in [0.4, 0.5) is 0 Å². The van der Waals surface area contributed by atoms with Crippen LogP contribution in [0.5, 0.6) is 0 Å². The van der Waals surface area contributed by atoms with Crippen LogP contribution < -0.4 is 5.43 Å². The van der Waals surface area contributed by atoms with Crippen molar-refractivity contribution in [2.45, 2.75) is 19.8 Å². The van der Waals surface area contributed by atoms with Gasteiger partial charge < -0.3 is 0 Å². The molecule has 1 aliphatic heterocycles. The number of nitrogens with zero attached hydrogens (tertiary/aromatic N) is 1. The molecule has 0 fully saturated rings. The third kappa shape index (κ3) is 4.16. The number of rotatable bonds is 6. The van der Waals surface area contributed by atoms with E-state index in [4.69, 9.17) is 0 Å². The molecule has 1 heterocycles. The molecule has 0 aliphatic carbocycles. The lowest BCUT2D eigenvalue weighted by molar-refractivity contribution is -0.116. The number of amides is 1. The monoisotopic (exact) mass is 292 g/mol. The minimum Gasteiger partial charge on any atom is -0.267 e. The van der Waals surface area contributed by atoms with Gasteiger partial charge in [0, 0.05) is 0 Å². The lowest BCUT2D eigenvalue weighted by Gasteiger charge is -2.03. The van der Waals surface area contributed by atoms with E-state index in [2.05, 4.69) is 29.2 Å². The molecule has 0 aromatic heterocycles. The summed E-state index contributed by atoms with van der Waals surface area (Å²) in [5.41, 5.74) is 6.19. The van der Waals surface area contributed by atoms with Gasteiger partial charge in [-0.1, -0.05) is 61.2 Å². The van der Waals surface area contributed by atoms with Crippen molar-refractivity contribution < 1.29 is 4.79 Å². The maximum Gasteiger partial charge on any atom is 0.273 e. The zero-order valence-electron chi connectivity index (χ0n) is 12.8. The van der Waals surface area contributed by atoms with Gasteiger partial charge in [0.25, 0.3) is 5.91 Å². The maximum absolute atomic E-state index is 12.0. The van der Waals surface area contributed by atoms with Crippen molar-refractivity contribution in [2.24, 2.45) is 5.10 Å². The fraction of sp³-hybridized carbons (Fsp3) is 0.158. The summed E-state index contributed by atoms with van der Waals surface area (Å²) >= 11 is 0. The van der Waals surface area contributed by atoms with E-state index in [1.54, 1.807) is 6.08 Å². The topological polar surface area (TPSA) is 41.5 Å². The molecule has 0 radical (unpaired) electrons. The zero-order chi connectivity index (χ0) is 15.8. The third-order valence-electron chi connectivity index (χ3n) is 3.41. The summed E-state index contributed by atoms with van der Waals surface area (Å²) in [7, 11) is 0. The summed E-state index contributed by atoms with van der Waals surface area (Å²) < 4.78 is 0. The molecule has 22 heavy (non-hydrogen) atoms. The lowest BCUT2D eigenvalue weighted by atomic mass is 10.00. The minimum atomic E-state index is -0.144. The first kappa shape index (κ1) is 15.7. The molecule has 1 amide bonds. The minimum absolute atomic E-state index is 0.144. The summed E-state index contributed by atoms with van der Waals surface area (Å²) in [6.45, 7) is 5.59. The fourth-order valence-corrected chi connectivity index (χ4v) is 2.19. The van der Waals surface area contributed by atoms with Crippen LogP contribution in [0.15, 0.2) is 83.5 Å². The van der Waals surface area contributed by atoms with Crippen LogP contribution in [0.1, 0.15) is 18.9 Å². The normalized spacial score (nSPS) is 17.0. The van der Waals surface area contributed by atoms with E-state index >= 15 is 0 Å². The second kappa shape index (κ2) is 7.93. The Morgan fingerprint density at radius 1 is 1.27 bits per heavy atom. The highest BCUT2D eigenvalue weighted by Crippen LogP contribution is 2.15. The SMILES string of the molecule is C=C\C=C/C(=C\C)/C=C1/C(=O)NN=C1CCc1ccccc1. The Morgan fingerprint density at radius 2 is 2.05 bits per heavy atom. The molecular formula is C19H20N2O. The molecule has 3 nitrogen and oxygen atoms in total. The van der Waals surface area contributed by atoms with Gasteiger partial charge in [-0.15, -0.1) is 0 Å². The highest BCUT2D eigenvalue weighted by molar-refractivity contribution is 6.25. The quantitative estimate of drug-likeness (QED) is 0.630. The highest BCUT2D eigenvalue weighted by Gasteiger charge is 2.22. The molecule has 3 heteroatoms. The average molecular weight is 292 g/mol. The fourth-order valence-electron chi connectivity index (χ4n) is 2.19. The van der Waals surface area contributed by atoms with Crippen LogP contribution in [-0.2, 0) is 11.2 Å². The number of benzene rings is 1. The third-order valence-corrected chi connectivity index (χ3v) is 3.41. The molecule has 1 aromatic rings. The van der Waals surface area contributed by atoms with E-state index in [9.17, 15) is 4.79 Å². The van der Waals surface area contributed by atoms with E-state index in [0.29, 0.717) is 5.57 Å². The lowest BCUT2D eigenvalue weighted by Crippen LogP contribution is -2.13. The summed E-state index contributed by atoms with van der Waals surface area (Å²) in [5.74, 6) is -0.144. The molecule has 0 saturated heterocycles. The van der Waals surface area contributed by atoms with Crippen molar-refractivity contribution in [1.82, 2.24) is 5.43 Å². The molecule has 0 saturated carbocycles. The van der Waals surface area contributed by atoms with Crippen LogP contribution in [0, 0.1) is 0 Å². The van der Waals surface area contributed by atoms with Crippen LogP contribution >= 0.6 is 0 Å². The molecule has 0 bridgehead atoms. The van der Waals surface area contributed by atoms with E-state index in [1.807, 2.05) is 49.4 Å². The van der Waals surface area contributed by atoms with Crippen molar-refractivity contribution in [1.29, 1.82) is 0 Å². The molecule has 0 unspecified atom stereocenters. The number of nitrogens with one attached hydrogen (secondary N) is 1. The van der Waals surface area contributed by atoms with Gasteiger partial charge >= 0.3 is 0 Å². The first-order valence-electron chi connectivity index (χ1n) is 7.33. The van der Waals surface area contributed by atoms with Gasteiger partial charge in [-0.3, -0.25) is 4.79 Å². The standard InChI is InChI=1S/C19H20N2O/c1-3-5-9-15(4-2)14-17-18(20-21-19(17)22)13-12-16-10-7-6-8-11-16/h3-11,14H,1,12-13H2,2H3,(H,21,22)/b9-5-,15-4+,17-14+. The summed E-state index contributed by atoms with van der Waals surface area (Å²) in [6, 6.07) is 10.2. The van der Waals surface area contributed by atoms with Gasteiger partial charge in [-0.2, -0.15) is 5.10 Å². The van der Waals surface area contributed by atoms with Gasteiger partial charge in [0.15, 0.2) is 0 Å². The Labute approximate surface area is 131 Å². The summed E-state index contributed by atoms with van der Waals surface area (Å²) in [4.78, 5) is 12.0. The van der Waals surface area contributed by atoms with Crippen molar-refractivity contribution in [3.63, 3.8) is 0 Å². The largest absolute Gasteiger partial charge is 0.273 e. The van der Waals surface area contributed by atoms with Crippen LogP contribution in [0.25, 0.3) is 0 Å². The summed E-state index contributed by atoms with van der Waals surface area (Å²) in [5, 5.41) is 4.16. The van der Waals surface area contributed by atoms with Gasteiger partial charge in [0.1, 0.15) is 0 Å². The molecule has 0 atom stereocenters. The predicted molar refractivity (Wildman–Crippen MR) is 91.5 cm³/mol. The zero-order valence-corrected chi connectivity index (χ0v) is 12.8. The Bertz CT molecular complexity index is 664. The van der Waals surface area contributed by atoms with Gasteiger partial charge in [0.05, 0.1) is 11.3 Å². The Hall–Kier alpha value is -2.68. The van der Waals surface area contributed by atoms with Gasteiger partial charge in [-0.25, -0.2) is 5.43 Å². The van der Waals surface area contributed by atoms with E-state index < -0.39 is 0 Å². The number of carbonyl (C=O) groups is 1. The number of hydrogen-bond donors (Lipinski definition) is 1. The van der Waals surface area contributed by atoms with Crippen molar-refractivity contribution in [3.05, 3.63) is 84.0 Å². The number of hydrazone groups is 1. The second-order valence-corrected chi connectivity index (χ2v) is 4.93. The molecule has 112 valence electrons. The van der Waals surface area contributed by atoms with Gasteiger partial charge in [0.2, 0.25) is 0 Å². The van der Waals surface area contributed by atoms with Crippen molar-refractivity contribution >= 4 is 11.6 Å². The first-order valence-corrected chi connectivity index (χ1v) is 7.33. The predicted octanol–water partition coefficient (Wildman–Crippen LogP) is 3.72. The number of aryl methyl sites for hydroxylation is 1. The van der Waals surface area contributed by atoms with Crippen LogP contribution in [0.2, 0.25) is 0 Å². The average Bonchev–Trinajstić information content (AvgIpc) is 2.90. The van der Waals surface area contributed by atoms with E-state index in [0.717, 1.165) is 24.1 Å². The first-order chi connectivity index (χ1) is 10.7. The Balaban J connectivity index is 2.12. The highest BCUT2D eigenvalue weighted by atomic mass is 16.2. The van der Waals surface area contributed by atoms with E-state index in [-0.39, 0.29) is 5.91 Å². The molecule has 1 aliphatic rings. The van der Waals surface area contributed by atoms with Gasteiger partial charge in [-0.05, 0) is 37.0 Å². The second-order valence-electron chi connectivity index (χ2n) is 4.93. The number of carbonyl (C=O) groups excluding carboxylic acids is 1. The van der Waals surface area contributed by atoms with Crippen molar-refractivity contribution in [3.8, 4) is 0 Å². The Morgan fingerprint density at radius 3 is 2.73 bits per heavy atom. The Kier molecular flexibility index (Phi) is 5.66. The molecule has 1 aromatic carbocycles.